The van der Waals surface area contributed by atoms with Gasteiger partial charge >= 0.3 is 12.1 Å². The summed E-state index contributed by atoms with van der Waals surface area (Å²) in [5.41, 5.74) is 0.131. The number of benzene rings is 1. The molecule has 84 valence electrons. The number of rotatable bonds is 3. The molecule has 16 heavy (non-hydrogen) atoms. The van der Waals surface area contributed by atoms with Gasteiger partial charge in [0, 0.05) is 5.56 Å². The molecule has 0 heterocycles. The van der Waals surface area contributed by atoms with Crippen molar-refractivity contribution in [1.82, 2.24) is 4.90 Å². The minimum absolute atomic E-state index is 0.131. The van der Waals surface area contributed by atoms with Gasteiger partial charge in [0.05, 0.1) is 0 Å². The summed E-state index contributed by atoms with van der Waals surface area (Å²) < 4.78 is 0. The van der Waals surface area contributed by atoms with Crippen molar-refractivity contribution >= 4 is 18.0 Å². The fraction of sp³-hybridized carbons (Fsp3) is 0.100. The van der Waals surface area contributed by atoms with Crippen LogP contribution in [0.3, 0.4) is 0 Å². The fourth-order valence-electron chi connectivity index (χ4n) is 1.10. The quantitative estimate of drug-likeness (QED) is 0.793. The van der Waals surface area contributed by atoms with Crippen molar-refractivity contribution in [2.24, 2.45) is 0 Å². The van der Waals surface area contributed by atoms with Crippen LogP contribution in [0.5, 0.6) is 0 Å². The van der Waals surface area contributed by atoms with Gasteiger partial charge in [0.2, 0.25) is 0 Å². The van der Waals surface area contributed by atoms with Gasteiger partial charge in [0.15, 0.2) is 0 Å². The van der Waals surface area contributed by atoms with Gasteiger partial charge in [-0.3, -0.25) is 9.59 Å². The summed E-state index contributed by atoms with van der Waals surface area (Å²) in [4.78, 5) is 32.9. The predicted molar refractivity (Wildman–Crippen MR) is 53.1 cm³/mol. The van der Waals surface area contributed by atoms with Crippen LogP contribution in [-0.2, 0) is 4.79 Å². The van der Waals surface area contributed by atoms with Gasteiger partial charge in [-0.15, -0.1) is 0 Å². The van der Waals surface area contributed by atoms with Crippen LogP contribution in [0.1, 0.15) is 10.4 Å². The lowest BCUT2D eigenvalue weighted by Crippen LogP contribution is -2.39. The Hall–Kier alpha value is -2.37. The third kappa shape index (κ3) is 2.81. The van der Waals surface area contributed by atoms with Crippen LogP contribution in [0.4, 0.5) is 4.79 Å². The highest BCUT2D eigenvalue weighted by molar-refractivity contribution is 6.04. The molecule has 0 aliphatic heterocycles. The molecule has 1 rings (SSSR count). The normalized spacial score (nSPS) is 9.50. The second kappa shape index (κ2) is 4.92. The maximum atomic E-state index is 11.6. The number of carbonyl (C=O) groups is 3. The van der Waals surface area contributed by atoms with E-state index in [2.05, 4.69) is 0 Å². The average molecular weight is 223 g/mol. The van der Waals surface area contributed by atoms with E-state index in [1.165, 1.54) is 12.1 Å². The van der Waals surface area contributed by atoms with Crippen LogP contribution in [0.25, 0.3) is 0 Å². The number of hydrogen-bond donors (Lipinski definition) is 2. The Kier molecular flexibility index (Phi) is 3.60. The maximum absolute atomic E-state index is 11.6. The summed E-state index contributed by atoms with van der Waals surface area (Å²) in [6, 6.07) is 7.63. The van der Waals surface area contributed by atoms with Crippen molar-refractivity contribution in [3.05, 3.63) is 35.9 Å². The molecule has 1 aromatic carbocycles. The Morgan fingerprint density at radius 2 is 1.62 bits per heavy atom. The Bertz CT molecular complexity index is 414. The molecular weight excluding hydrogens is 214 g/mol. The second-order valence-electron chi connectivity index (χ2n) is 2.93. The zero-order chi connectivity index (χ0) is 12.1. The molecule has 0 saturated carbocycles. The molecule has 2 N–H and O–H groups in total. The zero-order valence-electron chi connectivity index (χ0n) is 8.16. The van der Waals surface area contributed by atoms with E-state index in [0.29, 0.717) is 0 Å². The molecule has 6 heteroatoms. The number of imide groups is 1. The van der Waals surface area contributed by atoms with Crippen LogP contribution in [0.2, 0.25) is 0 Å². The lowest BCUT2D eigenvalue weighted by Gasteiger charge is -2.14. The van der Waals surface area contributed by atoms with Crippen LogP contribution >= 0.6 is 0 Å². The van der Waals surface area contributed by atoms with Crippen molar-refractivity contribution in [3.63, 3.8) is 0 Å². The Labute approximate surface area is 90.7 Å². The lowest BCUT2D eigenvalue weighted by atomic mass is 10.2. The molecule has 2 amide bonds. The van der Waals surface area contributed by atoms with Crippen molar-refractivity contribution in [2.45, 2.75) is 0 Å². The third-order valence-electron chi connectivity index (χ3n) is 1.79. The van der Waals surface area contributed by atoms with E-state index in [-0.39, 0.29) is 10.5 Å². The first-order chi connectivity index (χ1) is 7.52. The highest BCUT2D eigenvalue weighted by Crippen LogP contribution is 2.04. The number of carbonyl (C=O) groups excluding carboxylic acids is 1. The number of carboxylic acid groups (broad SMARTS) is 2. The van der Waals surface area contributed by atoms with Gasteiger partial charge in [-0.1, -0.05) is 18.2 Å². The second-order valence-corrected chi connectivity index (χ2v) is 2.93. The van der Waals surface area contributed by atoms with Crippen molar-refractivity contribution in [2.75, 3.05) is 6.54 Å². The summed E-state index contributed by atoms with van der Waals surface area (Å²) in [5.74, 6) is -2.23. The average Bonchev–Trinajstić information content (AvgIpc) is 2.25. The van der Waals surface area contributed by atoms with E-state index in [1.807, 2.05) is 0 Å². The molecule has 0 saturated heterocycles. The number of nitrogens with zero attached hydrogens (tertiary/aromatic N) is 1. The lowest BCUT2D eigenvalue weighted by molar-refractivity contribution is -0.137. The first-order valence-electron chi connectivity index (χ1n) is 4.34. The molecule has 0 aliphatic carbocycles. The van der Waals surface area contributed by atoms with E-state index in [0.717, 1.165) is 0 Å². The molecule has 0 unspecified atom stereocenters. The Morgan fingerprint density at radius 1 is 1.06 bits per heavy atom. The minimum atomic E-state index is -1.59. The van der Waals surface area contributed by atoms with Crippen LogP contribution in [-0.4, -0.2) is 39.6 Å². The summed E-state index contributed by atoms with van der Waals surface area (Å²) >= 11 is 0. The molecule has 0 aliphatic rings. The highest BCUT2D eigenvalue weighted by Gasteiger charge is 2.24. The van der Waals surface area contributed by atoms with Gasteiger partial charge in [-0.25, -0.2) is 9.69 Å². The maximum Gasteiger partial charge on any atom is 0.414 e. The minimum Gasteiger partial charge on any atom is -0.480 e. The molecule has 0 atom stereocenters. The van der Waals surface area contributed by atoms with Crippen LogP contribution in [0.15, 0.2) is 30.3 Å². The number of aliphatic carboxylic acids is 1. The van der Waals surface area contributed by atoms with E-state index >= 15 is 0 Å². The molecule has 6 nitrogen and oxygen atoms in total. The first-order valence-corrected chi connectivity index (χ1v) is 4.34. The summed E-state index contributed by atoms with van der Waals surface area (Å²) in [6.45, 7) is -0.872. The summed E-state index contributed by atoms with van der Waals surface area (Å²) in [7, 11) is 0. The van der Waals surface area contributed by atoms with Gasteiger partial charge in [-0.2, -0.15) is 0 Å². The largest absolute Gasteiger partial charge is 0.480 e. The first kappa shape index (κ1) is 11.7. The van der Waals surface area contributed by atoms with Gasteiger partial charge in [-0.05, 0) is 12.1 Å². The molecule has 0 radical (unpaired) electrons. The molecule has 1 aromatic rings. The zero-order valence-corrected chi connectivity index (χ0v) is 8.16. The number of carboxylic acids is 1. The number of amides is 2. The van der Waals surface area contributed by atoms with Gasteiger partial charge in [0.25, 0.3) is 5.91 Å². The van der Waals surface area contributed by atoms with E-state index in [4.69, 9.17) is 10.2 Å². The van der Waals surface area contributed by atoms with E-state index < -0.39 is 24.5 Å². The highest BCUT2D eigenvalue weighted by atomic mass is 16.4. The monoisotopic (exact) mass is 223 g/mol. The summed E-state index contributed by atoms with van der Waals surface area (Å²) in [5, 5.41) is 17.2. The number of hydrogen-bond acceptors (Lipinski definition) is 3. The Balaban J connectivity index is 2.92. The SMILES string of the molecule is O=C(O)CN(C(=O)O)C(=O)c1ccccc1. The smallest absolute Gasteiger partial charge is 0.414 e. The molecule has 0 spiro atoms. The van der Waals surface area contributed by atoms with Crippen molar-refractivity contribution in [3.8, 4) is 0 Å². The molecular formula is C10H9NO5. The van der Waals surface area contributed by atoms with E-state index in [9.17, 15) is 14.4 Å². The predicted octanol–water partition coefficient (Wildman–Crippen LogP) is 0.891. The van der Waals surface area contributed by atoms with Crippen molar-refractivity contribution in [1.29, 1.82) is 0 Å². The van der Waals surface area contributed by atoms with Crippen LogP contribution < -0.4 is 0 Å². The summed E-state index contributed by atoms with van der Waals surface area (Å²) in [6.07, 6.45) is -1.59. The molecule has 0 fully saturated rings. The van der Waals surface area contributed by atoms with E-state index in [1.54, 1.807) is 18.2 Å². The van der Waals surface area contributed by atoms with Gasteiger partial charge in [0.1, 0.15) is 6.54 Å². The molecule has 0 bridgehead atoms. The standard InChI is InChI=1S/C10H9NO5/c12-8(13)6-11(10(15)16)9(14)7-4-2-1-3-5-7/h1-5H,6H2,(H,12,13)(H,15,16). The van der Waals surface area contributed by atoms with Gasteiger partial charge < -0.3 is 10.2 Å². The topological polar surface area (TPSA) is 94.9 Å². The molecule has 0 aromatic heterocycles. The third-order valence-corrected chi connectivity index (χ3v) is 1.79. The van der Waals surface area contributed by atoms with Crippen molar-refractivity contribution < 1.29 is 24.6 Å². The van der Waals surface area contributed by atoms with Crippen LogP contribution in [0, 0.1) is 0 Å². The Morgan fingerprint density at radius 3 is 2.06 bits per heavy atom. The fourth-order valence-corrected chi connectivity index (χ4v) is 1.10.